The van der Waals surface area contributed by atoms with E-state index in [0.29, 0.717) is 17.9 Å². The lowest BCUT2D eigenvalue weighted by Crippen LogP contribution is -2.34. The van der Waals surface area contributed by atoms with Crippen LogP contribution in [0.1, 0.15) is 39.3 Å². The fraction of sp³-hybridized carbons (Fsp3) is 0.615. The van der Waals surface area contributed by atoms with Gasteiger partial charge in [-0.3, -0.25) is 4.98 Å². The number of pyridine rings is 1. The molecule has 0 aliphatic carbocycles. The molecule has 0 bridgehead atoms. The molecule has 2 atom stereocenters. The van der Waals surface area contributed by atoms with Crippen molar-refractivity contribution in [3.63, 3.8) is 0 Å². The highest BCUT2D eigenvalue weighted by Crippen LogP contribution is 2.25. The Bertz CT molecular complexity index is 269. The second-order valence-corrected chi connectivity index (χ2v) is 4.37. The third-order valence-electron chi connectivity index (χ3n) is 2.81. The van der Waals surface area contributed by atoms with Crippen molar-refractivity contribution in [2.45, 2.75) is 39.7 Å². The summed E-state index contributed by atoms with van der Waals surface area (Å²) < 4.78 is 0. The Labute approximate surface area is 93.1 Å². The van der Waals surface area contributed by atoms with Crippen LogP contribution in [0.2, 0.25) is 0 Å². The molecule has 0 amide bonds. The van der Waals surface area contributed by atoms with E-state index < -0.39 is 0 Å². The first kappa shape index (κ1) is 12.2. The predicted octanol–water partition coefficient (Wildman–Crippen LogP) is 2.82. The van der Waals surface area contributed by atoms with Crippen molar-refractivity contribution in [1.82, 2.24) is 10.3 Å². The summed E-state index contributed by atoms with van der Waals surface area (Å²) in [6.07, 6.45) is 1.88. The van der Waals surface area contributed by atoms with E-state index in [-0.39, 0.29) is 0 Å². The molecule has 0 saturated carbocycles. The number of likely N-dealkylation sites (N-methyl/N-ethyl adjacent to an activating group) is 1. The Hall–Kier alpha value is -0.890. The summed E-state index contributed by atoms with van der Waals surface area (Å²) in [5.41, 5.74) is 1.20. The molecule has 0 fully saturated rings. The number of nitrogens with zero attached hydrogens (tertiary/aromatic N) is 1. The number of hydrogen-bond acceptors (Lipinski definition) is 2. The molecule has 2 heteroatoms. The van der Waals surface area contributed by atoms with Gasteiger partial charge in [0.25, 0.3) is 0 Å². The zero-order valence-corrected chi connectivity index (χ0v) is 10.2. The molecule has 0 aromatic carbocycles. The molecule has 0 aliphatic heterocycles. The molecule has 15 heavy (non-hydrogen) atoms. The summed E-state index contributed by atoms with van der Waals surface area (Å²) in [6, 6.07) is 6.64. The smallest absolute Gasteiger partial charge is 0.0452 e. The topological polar surface area (TPSA) is 24.9 Å². The van der Waals surface area contributed by atoms with Crippen LogP contribution in [-0.4, -0.2) is 17.6 Å². The lowest BCUT2D eigenvalue weighted by molar-refractivity contribution is 0.376. The predicted molar refractivity (Wildman–Crippen MR) is 65.0 cm³/mol. The molecule has 2 unspecified atom stereocenters. The van der Waals surface area contributed by atoms with Gasteiger partial charge in [-0.25, -0.2) is 0 Å². The van der Waals surface area contributed by atoms with E-state index in [1.807, 2.05) is 12.3 Å². The van der Waals surface area contributed by atoms with Crippen LogP contribution in [0.4, 0.5) is 0 Å². The van der Waals surface area contributed by atoms with E-state index in [1.165, 1.54) is 5.69 Å². The van der Waals surface area contributed by atoms with E-state index in [0.717, 1.165) is 6.54 Å². The van der Waals surface area contributed by atoms with Crippen LogP contribution in [0.15, 0.2) is 24.4 Å². The second kappa shape index (κ2) is 5.86. The summed E-state index contributed by atoms with van der Waals surface area (Å²) in [5, 5.41) is 3.49. The van der Waals surface area contributed by atoms with Crippen LogP contribution >= 0.6 is 0 Å². The third kappa shape index (κ3) is 3.31. The minimum absolute atomic E-state index is 0.477. The van der Waals surface area contributed by atoms with Gasteiger partial charge in [-0.05, 0) is 31.5 Å². The number of hydrogen-bond donors (Lipinski definition) is 1. The molecular formula is C13H22N2. The fourth-order valence-corrected chi connectivity index (χ4v) is 2.20. The molecule has 1 aromatic heterocycles. The lowest BCUT2D eigenvalue weighted by Gasteiger charge is -2.27. The first-order valence-corrected chi connectivity index (χ1v) is 5.81. The Morgan fingerprint density at radius 2 is 2.00 bits per heavy atom. The molecule has 84 valence electrons. The summed E-state index contributed by atoms with van der Waals surface area (Å²) in [5.74, 6) is 1.10. The lowest BCUT2D eigenvalue weighted by atomic mass is 9.86. The van der Waals surface area contributed by atoms with Gasteiger partial charge in [0.1, 0.15) is 0 Å². The Morgan fingerprint density at radius 3 is 2.47 bits per heavy atom. The zero-order valence-electron chi connectivity index (χ0n) is 10.2. The van der Waals surface area contributed by atoms with Crippen molar-refractivity contribution in [3.05, 3.63) is 30.1 Å². The molecule has 1 aromatic rings. The monoisotopic (exact) mass is 206 g/mol. The molecule has 2 nitrogen and oxygen atoms in total. The number of nitrogens with one attached hydrogen (secondary N) is 1. The highest BCUT2D eigenvalue weighted by molar-refractivity contribution is 5.12. The molecule has 1 rings (SSSR count). The largest absolute Gasteiger partial charge is 0.314 e. The van der Waals surface area contributed by atoms with E-state index in [4.69, 9.17) is 0 Å². The SMILES string of the molecule is CCNC(C)C(c1ccccn1)C(C)C. The molecule has 0 spiro atoms. The Kier molecular flexibility index (Phi) is 4.76. The Morgan fingerprint density at radius 1 is 1.27 bits per heavy atom. The average molecular weight is 206 g/mol. The summed E-state index contributed by atoms with van der Waals surface area (Å²) >= 11 is 0. The molecule has 0 saturated heterocycles. The van der Waals surface area contributed by atoms with Gasteiger partial charge in [0.2, 0.25) is 0 Å². The second-order valence-electron chi connectivity index (χ2n) is 4.37. The van der Waals surface area contributed by atoms with Gasteiger partial charge < -0.3 is 5.32 Å². The first-order valence-electron chi connectivity index (χ1n) is 5.81. The van der Waals surface area contributed by atoms with Gasteiger partial charge in [0.05, 0.1) is 0 Å². The maximum atomic E-state index is 4.46. The molecule has 1 heterocycles. The molecular weight excluding hydrogens is 184 g/mol. The summed E-state index contributed by atoms with van der Waals surface area (Å²) in [7, 11) is 0. The van der Waals surface area contributed by atoms with E-state index >= 15 is 0 Å². The van der Waals surface area contributed by atoms with E-state index in [1.54, 1.807) is 0 Å². The summed E-state index contributed by atoms with van der Waals surface area (Å²) in [6.45, 7) is 9.91. The van der Waals surface area contributed by atoms with Crippen molar-refractivity contribution >= 4 is 0 Å². The average Bonchev–Trinajstić information content (AvgIpc) is 2.19. The quantitative estimate of drug-likeness (QED) is 0.801. The number of aromatic nitrogens is 1. The van der Waals surface area contributed by atoms with Crippen molar-refractivity contribution in [2.75, 3.05) is 6.54 Å². The van der Waals surface area contributed by atoms with E-state index in [9.17, 15) is 0 Å². The fourth-order valence-electron chi connectivity index (χ4n) is 2.20. The first-order chi connectivity index (χ1) is 7.16. The van der Waals surface area contributed by atoms with Gasteiger partial charge in [-0.1, -0.05) is 26.8 Å². The zero-order chi connectivity index (χ0) is 11.3. The van der Waals surface area contributed by atoms with Crippen LogP contribution < -0.4 is 5.32 Å². The minimum atomic E-state index is 0.477. The van der Waals surface area contributed by atoms with Crippen molar-refractivity contribution in [3.8, 4) is 0 Å². The van der Waals surface area contributed by atoms with Crippen molar-refractivity contribution in [2.24, 2.45) is 5.92 Å². The van der Waals surface area contributed by atoms with Crippen LogP contribution in [0, 0.1) is 5.92 Å². The third-order valence-corrected chi connectivity index (χ3v) is 2.81. The van der Waals surface area contributed by atoms with Crippen LogP contribution in [-0.2, 0) is 0 Å². The standard InChI is InChI=1S/C13H22N2/c1-5-14-11(4)13(10(2)3)12-8-6-7-9-15-12/h6-11,13-14H,5H2,1-4H3. The maximum absolute atomic E-state index is 4.46. The van der Waals surface area contributed by atoms with Gasteiger partial charge in [0, 0.05) is 23.9 Å². The Balaban J connectivity index is 2.83. The molecule has 0 aliphatic rings. The summed E-state index contributed by atoms with van der Waals surface area (Å²) in [4.78, 5) is 4.46. The normalized spacial score (nSPS) is 15.3. The minimum Gasteiger partial charge on any atom is -0.314 e. The van der Waals surface area contributed by atoms with Crippen LogP contribution in [0.3, 0.4) is 0 Å². The van der Waals surface area contributed by atoms with Crippen molar-refractivity contribution < 1.29 is 0 Å². The molecule has 0 radical (unpaired) electrons. The van der Waals surface area contributed by atoms with Crippen molar-refractivity contribution in [1.29, 1.82) is 0 Å². The number of rotatable bonds is 5. The van der Waals surface area contributed by atoms with Gasteiger partial charge in [-0.15, -0.1) is 0 Å². The van der Waals surface area contributed by atoms with Crippen LogP contribution in [0.25, 0.3) is 0 Å². The highest BCUT2D eigenvalue weighted by Gasteiger charge is 2.22. The van der Waals surface area contributed by atoms with Gasteiger partial charge >= 0.3 is 0 Å². The van der Waals surface area contributed by atoms with Gasteiger partial charge in [-0.2, -0.15) is 0 Å². The molecule has 1 N–H and O–H groups in total. The highest BCUT2D eigenvalue weighted by atomic mass is 14.9. The van der Waals surface area contributed by atoms with Gasteiger partial charge in [0.15, 0.2) is 0 Å². The van der Waals surface area contributed by atoms with Crippen LogP contribution in [0.5, 0.6) is 0 Å². The van der Waals surface area contributed by atoms with E-state index in [2.05, 4.69) is 50.1 Å². The maximum Gasteiger partial charge on any atom is 0.0452 e.